The van der Waals surface area contributed by atoms with E-state index in [2.05, 4.69) is 35.1 Å². The minimum Gasteiger partial charge on any atom is -0.454 e. The van der Waals surface area contributed by atoms with E-state index >= 15 is 0 Å². The molecule has 0 fully saturated rings. The molecule has 0 aliphatic carbocycles. The third-order valence-electron chi connectivity index (χ3n) is 3.64. The van der Waals surface area contributed by atoms with Crippen molar-refractivity contribution in [2.75, 3.05) is 0 Å². The Kier molecular flexibility index (Phi) is 3.27. The molecule has 0 aliphatic heterocycles. The first kappa shape index (κ1) is 13.5. The van der Waals surface area contributed by atoms with Crippen molar-refractivity contribution < 1.29 is 9.21 Å². The van der Waals surface area contributed by atoms with Gasteiger partial charge in [-0.15, -0.1) is 0 Å². The predicted octanol–water partition coefficient (Wildman–Crippen LogP) is 2.50. The number of nitrogen functional groups attached to an aromatic ring is 1. The van der Waals surface area contributed by atoms with Crippen molar-refractivity contribution in [1.29, 1.82) is 0 Å². The molecule has 5 nitrogen and oxygen atoms in total. The number of hydrogen-bond donors (Lipinski definition) is 2. The predicted molar refractivity (Wildman–Crippen MR) is 80.9 cm³/mol. The summed E-state index contributed by atoms with van der Waals surface area (Å²) in [5.41, 5.74) is 5.17. The van der Waals surface area contributed by atoms with Gasteiger partial charge in [-0.1, -0.05) is 18.2 Å². The number of nitrogens with one attached hydrogen (secondary N) is 1. The van der Waals surface area contributed by atoms with Crippen LogP contribution in [0.4, 0.5) is 0 Å². The van der Waals surface area contributed by atoms with E-state index in [1.54, 1.807) is 0 Å². The lowest BCUT2D eigenvalue weighted by atomic mass is 10.2. The first-order valence-corrected chi connectivity index (χ1v) is 6.75. The Morgan fingerprint density at radius 1 is 1.29 bits per heavy atom. The van der Waals surface area contributed by atoms with E-state index in [4.69, 9.17) is 10.3 Å². The van der Waals surface area contributed by atoms with Gasteiger partial charge in [0.25, 0.3) is 0 Å². The van der Waals surface area contributed by atoms with Crippen LogP contribution in [0.2, 0.25) is 0 Å². The van der Waals surface area contributed by atoms with Gasteiger partial charge in [0.05, 0.1) is 6.54 Å². The van der Waals surface area contributed by atoms with Crippen LogP contribution in [-0.4, -0.2) is 10.5 Å². The molecule has 3 aromatic rings. The summed E-state index contributed by atoms with van der Waals surface area (Å²) < 4.78 is 7.80. The van der Waals surface area contributed by atoms with Gasteiger partial charge in [0.15, 0.2) is 5.76 Å². The van der Waals surface area contributed by atoms with Gasteiger partial charge in [0.2, 0.25) is 0 Å². The number of nitrogens with zero attached hydrogens (tertiary/aromatic N) is 1. The SMILES string of the molecule is Cc1cc(Cn2c(C)cc3ccccc32)oc1C(=O)NN. The first-order chi connectivity index (χ1) is 10.1. The lowest BCUT2D eigenvalue weighted by Crippen LogP contribution is -2.30. The number of rotatable bonds is 3. The number of fused-ring (bicyclic) bond motifs is 1. The molecule has 2 heterocycles. The maximum atomic E-state index is 11.6. The standard InChI is InChI=1S/C16H17N3O2/c1-10-7-13(21-15(10)16(20)18-17)9-19-11(2)8-12-5-3-4-6-14(12)19/h3-8H,9,17H2,1-2H3,(H,18,20). The average molecular weight is 283 g/mol. The number of aromatic nitrogens is 1. The highest BCUT2D eigenvalue weighted by Gasteiger charge is 2.15. The Bertz CT molecular complexity index is 814. The molecular formula is C16H17N3O2. The molecule has 108 valence electrons. The Morgan fingerprint density at radius 3 is 2.81 bits per heavy atom. The largest absolute Gasteiger partial charge is 0.454 e. The molecule has 3 rings (SSSR count). The zero-order valence-electron chi connectivity index (χ0n) is 12.0. The van der Waals surface area contributed by atoms with Crippen LogP contribution < -0.4 is 11.3 Å². The number of benzene rings is 1. The number of para-hydroxylation sites is 1. The molecule has 0 atom stereocenters. The average Bonchev–Trinajstić information content (AvgIpc) is 2.99. The molecule has 1 aromatic carbocycles. The van der Waals surface area contributed by atoms with Crippen LogP contribution in [0.3, 0.4) is 0 Å². The van der Waals surface area contributed by atoms with Crippen LogP contribution in [0.25, 0.3) is 10.9 Å². The van der Waals surface area contributed by atoms with Crippen molar-refractivity contribution in [2.24, 2.45) is 5.84 Å². The molecule has 2 aromatic heterocycles. The molecule has 21 heavy (non-hydrogen) atoms. The summed E-state index contributed by atoms with van der Waals surface area (Å²) in [7, 11) is 0. The van der Waals surface area contributed by atoms with Gasteiger partial charge >= 0.3 is 5.91 Å². The van der Waals surface area contributed by atoms with Crippen LogP contribution in [0.1, 0.15) is 27.6 Å². The van der Waals surface area contributed by atoms with Gasteiger partial charge in [0.1, 0.15) is 5.76 Å². The molecule has 1 amide bonds. The second kappa shape index (κ2) is 5.10. The van der Waals surface area contributed by atoms with E-state index in [0.29, 0.717) is 6.54 Å². The van der Waals surface area contributed by atoms with Crippen LogP contribution in [0, 0.1) is 13.8 Å². The number of aryl methyl sites for hydroxylation is 2. The summed E-state index contributed by atoms with van der Waals surface area (Å²) in [6.45, 7) is 4.47. The normalized spacial score (nSPS) is 11.0. The van der Waals surface area contributed by atoms with Crippen LogP contribution in [0.15, 0.2) is 40.8 Å². The molecule has 0 aliphatic rings. The number of carbonyl (C=O) groups excluding carboxylic acids is 1. The van der Waals surface area contributed by atoms with E-state index in [1.807, 2.05) is 25.1 Å². The van der Waals surface area contributed by atoms with E-state index in [1.165, 1.54) is 5.39 Å². The molecule has 0 spiro atoms. The molecule has 5 heteroatoms. The summed E-state index contributed by atoms with van der Waals surface area (Å²) in [6, 6.07) is 12.2. The molecular weight excluding hydrogens is 266 g/mol. The van der Waals surface area contributed by atoms with Gasteiger partial charge in [0, 0.05) is 16.8 Å². The molecule has 0 saturated carbocycles. The third-order valence-corrected chi connectivity index (χ3v) is 3.64. The fourth-order valence-corrected chi connectivity index (χ4v) is 2.63. The zero-order valence-corrected chi connectivity index (χ0v) is 12.0. The van der Waals surface area contributed by atoms with Crippen molar-refractivity contribution >= 4 is 16.8 Å². The summed E-state index contributed by atoms with van der Waals surface area (Å²) in [6.07, 6.45) is 0. The quantitative estimate of drug-likeness (QED) is 0.440. The number of furan rings is 1. The Balaban J connectivity index is 1.99. The highest BCUT2D eigenvalue weighted by atomic mass is 16.4. The lowest BCUT2D eigenvalue weighted by Gasteiger charge is -2.06. The van der Waals surface area contributed by atoms with Crippen LogP contribution in [-0.2, 0) is 6.54 Å². The Hall–Kier alpha value is -2.53. The number of hydrazine groups is 1. The lowest BCUT2D eigenvalue weighted by molar-refractivity contribution is 0.0923. The summed E-state index contributed by atoms with van der Waals surface area (Å²) in [5, 5.41) is 1.19. The summed E-state index contributed by atoms with van der Waals surface area (Å²) >= 11 is 0. The van der Waals surface area contributed by atoms with E-state index < -0.39 is 5.91 Å². The minimum atomic E-state index is -0.409. The highest BCUT2D eigenvalue weighted by Crippen LogP contribution is 2.22. The van der Waals surface area contributed by atoms with E-state index in [-0.39, 0.29) is 5.76 Å². The van der Waals surface area contributed by atoms with Crippen molar-refractivity contribution in [3.8, 4) is 0 Å². The second-order valence-electron chi connectivity index (χ2n) is 5.13. The zero-order chi connectivity index (χ0) is 15.0. The summed E-state index contributed by atoms with van der Waals surface area (Å²) in [5.74, 6) is 5.74. The van der Waals surface area contributed by atoms with Gasteiger partial charge in [-0.2, -0.15) is 0 Å². The maximum absolute atomic E-state index is 11.6. The number of amides is 1. The smallest absolute Gasteiger partial charge is 0.301 e. The number of hydrogen-bond acceptors (Lipinski definition) is 3. The van der Waals surface area contributed by atoms with E-state index in [0.717, 1.165) is 22.5 Å². The topological polar surface area (TPSA) is 73.2 Å². The first-order valence-electron chi connectivity index (χ1n) is 6.75. The highest BCUT2D eigenvalue weighted by molar-refractivity contribution is 5.92. The summed E-state index contributed by atoms with van der Waals surface area (Å²) in [4.78, 5) is 11.6. The van der Waals surface area contributed by atoms with Gasteiger partial charge in [-0.25, -0.2) is 5.84 Å². The van der Waals surface area contributed by atoms with Crippen LogP contribution >= 0.6 is 0 Å². The minimum absolute atomic E-state index is 0.265. The van der Waals surface area contributed by atoms with Crippen molar-refractivity contribution in [3.63, 3.8) is 0 Å². The fourth-order valence-electron chi connectivity index (χ4n) is 2.63. The van der Waals surface area contributed by atoms with Gasteiger partial charge in [-0.3, -0.25) is 10.2 Å². The van der Waals surface area contributed by atoms with Crippen LogP contribution in [0.5, 0.6) is 0 Å². The monoisotopic (exact) mass is 283 g/mol. The second-order valence-corrected chi connectivity index (χ2v) is 5.13. The van der Waals surface area contributed by atoms with Gasteiger partial charge in [-0.05, 0) is 37.4 Å². The molecule has 0 saturated heterocycles. The molecule has 3 N–H and O–H groups in total. The third kappa shape index (κ3) is 2.32. The molecule has 0 bridgehead atoms. The fraction of sp³-hybridized carbons (Fsp3) is 0.188. The van der Waals surface area contributed by atoms with Crippen molar-refractivity contribution in [3.05, 3.63) is 59.2 Å². The maximum Gasteiger partial charge on any atom is 0.301 e. The van der Waals surface area contributed by atoms with Crippen molar-refractivity contribution in [2.45, 2.75) is 20.4 Å². The molecule has 0 unspecified atom stereocenters. The van der Waals surface area contributed by atoms with Crippen molar-refractivity contribution in [1.82, 2.24) is 9.99 Å². The number of nitrogens with two attached hydrogens (primary N) is 1. The number of carbonyl (C=O) groups is 1. The Labute approximate surface area is 122 Å². The van der Waals surface area contributed by atoms with E-state index in [9.17, 15) is 4.79 Å². The Morgan fingerprint density at radius 2 is 2.05 bits per heavy atom. The molecule has 0 radical (unpaired) electrons. The van der Waals surface area contributed by atoms with Gasteiger partial charge < -0.3 is 8.98 Å².